The molecule has 0 unspecified atom stereocenters. The number of amides is 2. The van der Waals surface area contributed by atoms with E-state index in [4.69, 9.17) is 9.47 Å². The normalized spacial score (nSPS) is 14.3. The molecule has 0 radical (unpaired) electrons. The third-order valence-corrected chi connectivity index (χ3v) is 5.24. The molecule has 29 heavy (non-hydrogen) atoms. The molecule has 2 amide bonds. The van der Waals surface area contributed by atoms with Crippen LogP contribution in [0.4, 0.5) is 0 Å². The van der Waals surface area contributed by atoms with E-state index >= 15 is 0 Å². The van der Waals surface area contributed by atoms with Gasteiger partial charge < -0.3 is 19.3 Å². The highest BCUT2D eigenvalue weighted by Gasteiger charge is 2.23. The summed E-state index contributed by atoms with van der Waals surface area (Å²) in [5.74, 6) is 1.60. The summed E-state index contributed by atoms with van der Waals surface area (Å²) < 4.78 is 10.4. The van der Waals surface area contributed by atoms with Crippen molar-refractivity contribution in [2.45, 2.75) is 19.3 Å². The second-order valence-corrected chi connectivity index (χ2v) is 7.11. The Kier molecular flexibility index (Phi) is 7.11. The average molecular weight is 396 g/mol. The van der Waals surface area contributed by atoms with Crippen LogP contribution in [0.15, 0.2) is 48.5 Å². The molecule has 0 aliphatic carbocycles. The number of carbonyl (C=O) groups excluding carboxylic acids is 2. The SMILES string of the molecule is COc1ccc(CCC(=O)N2CCCN(C(=O)c3cccc(OC)c3)CC2)cc1. The third kappa shape index (κ3) is 5.50. The van der Waals surface area contributed by atoms with Gasteiger partial charge in [0.15, 0.2) is 0 Å². The molecule has 6 heteroatoms. The number of hydrogen-bond donors (Lipinski definition) is 0. The van der Waals surface area contributed by atoms with Gasteiger partial charge in [0, 0.05) is 38.2 Å². The van der Waals surface area contributed by atoms with E-state index in [0.29, 0.717) is 50.3 Å². The van der Waals surface area contributed by atoms with Gasteiger partial charge in [0.1, 0.15) is 11.5 Å². The van der Waals surface area contributed by atoms with E-state index in [1.165, 1.54) is 0 Å². The lowest BCUT2D eigenvalue weighted by Crippen LogP contribution is -2.37. The molecule has 0 saturated carbocycles. The monoisotopic (exact) mass is 396 g/mol. The molecule has 0 atom stereocenters. The first-order chi connectivity index (χ1) is 14.1. The molecular formula is C23H28N2O4. The highest BCUT2D eigenvalue weighted by Crippen LogP contribution is 2.17. The number of rotatable bonds is 6. The zero-order chi connectivity index (χ0) is 20.6. The second kappa shape index (κ2) is 9.96. The van der Waals surface area contributed by atoms with Crippen molar-refractivity contribution in [1.82, 2.24) is 9.80 Å². The number of nitrogens with zero attached hydrogens (tertiary/aromatic N) is 2. The summed E-state index contributed by atoms with van der Waals surface area (Å²) in [6.45, 7) is 2.45. The minimum absolute atomic E-state index is 0.0172. The number of carbonyl (C=O) groups is 2. The summed E-state index contributed by atoms with van der Waals surface area (Å²) in [5, 5.41) is 0. The zero-order valence-corrected chi connectivity index (χ0v) is 17.1. The topological polar surface area (TPSA) is 59.1 Å². The van der Waals surface area contributed by atoms with Crippen molar-refractivity contribution in [2.24, 2.45) is 0 Å². The van der Waals surface area contributed by atoms with Crippen molar-refractivity contribution in [3.8, 4) is 11.5 Å². The van der Waals surface area contributed by atoms with Crippen molar-refractivity contribution in [1.29, 1.82) is 0 Å². The van der Waals surface area contributed by atoms with Gasteiger partial charge in [-0.05, 0) is 48.7 Å². The van der Waals surface area contributed by atoms with Crippen molar-refractivity contribution in [3.63, 3.8) is 0 Å². The number of benzene rings is 2. The molecule has 0 bridgehead atoms. The quantitative estimate of drug-likeness (QED) is 0.753. The van der Waals surface area contributed by atoms with E-state index in [9.17, 15) is 9.59 Å². The Hall–Kier alpha value is -3.02. The molecule has 1 fully saturated rings. The maximum atomic E-state index is 12.8. The van der Waals surface area contributed by atoms with E-state index < -0.39 is 0 Å². The van der Waals surface area contributed by atoms with Crippen LogP contribution in [-0.2, 0) is 11.2 Å². The predicted molar refractivity (Wildman–Crippen MR) is 111 cm³/mol. The fourth-order valence-electron chi connectivity index (χ4n) is 3.51. The minimum Gasteiger partial charge on any atom is -0.497 e. The summed E-state index contributed by atoms with van der Waals surface area (Å²) in [7, 11) is 3.23. The predicted octanol–water partition coefficient (Wildman–Crippen LogP) is 3.01. The Morgan fingerprint density at radius 1 is 0.862 bits per heavy atom. The summed E-state index contributed by atoms with van der Waals surface area (Å²) in [6, 6.07) is 15.0. The van der Waals surface area contributed by atoms with E-state index in [1.807, 2.05) is 46.2 Å². The molecule has 1 saturated heterocycles. The highest BCUT2D eigenvalue weighted by atomic mass is 16.5. The Bertz CT molecular complexity index is 835. The Balaban J connectivity index is 1.53. The summed E-state index contributed by atoms with van der Waals surface area (Å²) in [4.78, 5) is 29.2. The fourth-order valence-corrected chi connectivity index (χ4v) is 3.51. The summed E-state index contributed by atoms with van der Waals surface area (Å²) >= 11 is 0. The van der Waals surface area contributed by atoms with E-state index in [0.717, 1.165) is 17.7 Å². The maximum absolute atomic E-state index is 12.8. The van der Waals surface area contributed by atoms with Crippen LogP contribution < -0.4 is 9.47 Å². The number of ether oxygens (including phenoxy) is 2. The molecule has 0 N–H and O–H groups in total. The lowest BCUT2D eigenvalue weighted by molar-refractivity contribution is -0.131. The van der Waals surface area contributed by atoms with Crippen LogP contribution in [0.2, 0.25) is 0 Å². The van der Waals surface area contributed by atoms with Gasteiger partial charge in [-0.15, -0.1) is 0 Å². The first-order valence-corrected chi connectivity index (χ1v) is 9.94. The lowest BCUT2D eigenvalue weighted by Gasteiger charge is -2.22. The summed E-state index contributed by atoms with van der Waals surface area (Å²) in [6.07, 6.45) is 1.95. The smallest absolute Gasteiger partial charge is 0.254 e. The maximum Gasteiger partial charge on any atom is 0.254 e. The molecule has 2 aromatic rings. The summed E-state index contributed by atoms with van der Waals surface area (Å²) in [5.41, 5.74) is 1.73. The standard InChI is InChI=1S/C23H28N2O4/c1-28-20-10-7-18(8-11-20)9-12-22(26)24-13-4-14-25(16-15-24)23(27)19-5-3-6-21(17-19)29-2/h3,5-8,10-11,17H,4,9,12-16H2,1-2H3. The number of hydrogen-bond acceptors (Lipinski definition) is 4. The van der Waals surface area contributed by atoms with Gasteiger partial charge in [-0.3, -0.25) is 9.59 Å². The molecule has 3 rings (SSSR count). The molecule has 6 nitrogen and oxygen atoms in total. The molecule has 154 valence electrons. The molecule has 1 heterocycles. The van der Waals surface area contributed by atoms with Crippen LogP contribution in [0.5, 0.6) is 11.5 Å². The zero-order valence-electron chi connectivity index (χ0n) is 17.1. The van der Waals surface area contributed by atoms with Crippen LogP contribution in [0.1, 0.15) is 28.8 Å². The largest absolute Gasteiger partial charge is 0.497 e. The average Bonchev–Trinajstić information content (AvgIpc) is 3.03. The number of aryl methyl sites for hydroxylation is 1. The molecule has 1 aliphatic heterocycles. The first-order valence-electron chi connectivity index (χ1n) is 9.94. The Morgan fingerprint density at radius 3 is 2.28 bits per heavy atom. The van der Waals surface area contributed by atoms with Crippen LogP contribution in [0.25, 0.3) is 0 Å². The molecule has 0 spiro atoms. The molecule has 2 aromatic carbocycles. The minimum atomic E-state index is -0.0172. The van der Waals surface area contributed by atoms with E-state index in [2.05, 4.69) is 0 Å². The second-order valence-electron chi connectivity index (χ2n) is 7.11. The van der Waals surface area contributed by atoms with E-state index in [1.54, 1.807) is 26.4 Å². The van der Waals surface area contributed by atoms with E-state index in [-0.39, 0.29) is 11.8 Å². The van der Waals surface area contributed by atoms with Gasteiger partial charge in [-0.25, -0.2) is 0 Å². The van der Waals surface area contributed by atoms with Crippen LogP contribution in [0, 0.1) is 0 Å². The van der Waals surface area contributed by atoms with Crippen molar-refractivity contribution in [2.75, 3.05) is 40.4 Å². The molecule has 1 aliphatic rings. The van der Waals surface area contributed by atoms with Gasteiger partial charge in [-0.2, -0.15) is 0 Å². The van der Waals surface area contributed by atoms with Crippen LogP contribution >= 0.6 is 0 Å². The van der Waals surface area contributed by atoms with Crippen molar-refractivity contribution < 1.29 is 19.1 Å². The van der Waals surface area contributed by atoms with Crippen LogP contribution in [-0.4, -0.2) is 62.0 Å². The fraction of sp³-hybridized carbons (Fsp3) is 0.391. The third-order valence-electron chi connectivity index (χ3n) is 5.24. The van der Waals surface area contributed by atoms with Crippen molar-refractivity contribution >= 4 is 11.8 Å². The highest BCUT2D eigenvalue weighted by molar-refractivity contribution is 5.94. The van der Waals surface area contributed by atoms with Gasteiger partial charge >= 0.3 is 0 Å². The first kappa shape index (κ1) is 20.7. The molecular weight excluding hydrogens is 368 g/mol. The van der Waals surface area contributed by atoms with Crippen LogP contribution in [0.3, 0.4) is 0 Å². The molecule has 0 aromatic heterocycles. The van der Waals surface area contributed by atoms with Gasteiger partial charge in [0.05, 0.1) is 14.2 Å². The van der Waals surface area contributed by atoms with Gasteiger partial charge in [-0.1, -0.05) is 18.2 Å². The van der Waals surface area contributed by atoms with Gasteiger partial charge in [0.25, 0.3) is 5.91 Å². The van der Waals surface area contributed by atoms with Gasteiger partial charge in [0.2, 0.25) is 5.91 Å². The Labute approximate surface area is 172 Å². The lowest BCUT2D eigenvalue weighted by atomic mass is 10.1. The van der Waals surface area contributed by atoms with Crippen molar-refractivity contribution in [3.05, 3.63) is 59.7 Å². The number of methoxy groups -OCH3 is 2. The Morgan fingerprint density at radius 2 is 1.55 bits per heavy atom.